The molecule has 0 aromatic heterocycles. The number of sulfonamides is 1. The van der Waals surface area contributed by atoms with Crippen molar-refractivity contribution in [2.24, 2.45) is 23.7 Å². The summed E-state index contributed by atoms with van der Waals surface area (Å²) in [4.78, 5) is 0. The fourth-order valence-electron chi connectivity index (χ4n) is 4.78. The Morgan fingerprint density at radius 2 is 1.35 bits per heavy atom. The van der Waals surface area contributed by atoms with Crippen LogP contribution in [0.3, 0.4) is 0 Å². The molecule has 0 aromatic rings. The molecular formula is C13H21NO2S. The summed E-state index contributed by atoms with van der Waals surface area (Å²) < 4.78 is 27.2. The van der Waals surface area contributed by atoms with Gasteiger partial charge in [-0.15, -0.1) is 0 Å². The molecule has 17 heavy (non-hydrogen) atoms. The smallest absolute Gasteiger partial charge is 0.212 e. The van der Waals surface area contributed by atoms with E-state index in [4.69, 9.17) is 0 Å². The molecule has 0 aliphatic heterocycles. The van der Waals surface area contributed by atoms with E-state index in [9.17, 15) is 8.42 Å². The van der Waals surface area contributed by atoms with E-state index in [0.717, 1.165) is 24.7 Å². The molecule has 0 aromatic carbocycles. The van der Waals surface area contributed by atoms with Gasteiger partial charge in [0, 0.05) is 6.04 Å². The Bertz CT molecular complexity index is 399. The highest BCUT2D eigenvalue weighted by atomic mass is 32.2. The van der Waals surface area contributed by atoms with Crippen LogP contribution in [0.4, 0.5) is 0 Å². The first-order chi connectivity index (χ1) is 8.12. The average Bonchev–Trinajstić information content (AvgIpc) is 3.06. The first-order valence-corrected chi connectivity index (χ1v) is 8.67. The van der Waals surface area contributed by atoms with Crippen LogP contribution >= 0.6 is 0 Å². The number of rotatable bonds is 3. The Morgan fingerprint density at radius 3 is 1.82 bits per heavy atom. The van der Waals surface area contributed by atoms with Crippen molar-refractivity contribution in [3.8, 4) is 0 Å². The molecule has 0 unspecified atom stereocenters. The molecule has 0 amide bonds. The maximum atomic E-state index is 12.1. The summed E-state index contributed by atoms with van der Waals surface area (Å²) >= 11 is 0. The molecule has 0 saturated heterocycles. The molecule has 0 radical (unpaired) electrons. The second-order valence-electron chi connectivity index (χ2n) is 6.82. The average molecular weight is 255 g/mol. The van der Waals surface area contributed by atoms with Crippen molar-refractivity contribution in [3.63, 3.8) is 0 Å². The topological polar surface area (TPSA) is 46.2 Å². The van der Waals surface area contributed by atoms with Gasteiger partial charge in [-0.3, -0.25) is 0 Å². The zero-order valence-corrected chi connectivity index (χ0v) is 11.0. The maximum absolute atomic E-state index is 12.1. The number of nitrogens with one attached hydrogen (secondary N) is 1. The molecule has 5 rings (SSSR count). The van der Waals surface area contributed by atoms with Crippen molar-refractivity contribution in [2.75, 3.05) is 0 Å². The molecule has 1 N–H and O–H groups in total. The molecule has 96 valence electrons. The lowest BCUT2D eigenvalue weighted by Crippen LogP contribution is -2.56. The molecule has 0 heterocycles. The summed E-state index contributed by atoms with van der Waals surface area (Å²) in [5.74, 6) is 3.14. The quantitative estimate of drug-likeness (QED) is 0.837. The zero-order chi connectivity index (χ0) is 11.6. The minimum absolute atomic E-state index is 0.0558. The first kappa shape index (κ1) is 10.8. The van der Waals surface area contributed by atoms with Gasteiger partial charge in [0.25, 0.3) is 0 Å². The lowest BCUT2D eigenvalue weighted by atomic mass is 9.54. The van der Waals surface area contributed by atoms with Crippen molar-refractivity contribution in [3.05, 3.63) is 0 Å². The van der Waals surface area contributed by atoms with Gasteiger partial charge in [-0.25, -0.2) is 13.1 Å². The van der Waals surface area contributed by atoms with Crippen LogP contribution in [0.2, 0.25) is 0 Å². The van der Waals surface area contributed by atoms with Crippen LogP contribution in [-0.4, -0.2) is 19.7 Å². The summed E-state index contributed by atoms with van der Waals surface area (Å²) in [5, 5.41) is -0.0558. The highest BCUT2D eigenvalue weighted by Crippen LogP contribution is 2.54. The largest absolute Gasteiger partial charge is 0.214 e. The van der Waals surface area contributed by atoms with E-state index in [-0.39, 0.29) is 11.3 Å². The van der Waals surface area contributed by atoms with E-state index in [2.05, 4.69) is 4.72 Å². The summed E-state index contributed by atoms with van der Waals surface area (Å²) in [6.07, 6.45) is 8.31. The van der Waals surface area contributed by atoms with Gasteiger partial charge in [-0.05, 0) is 68.6 Å². The Morgan fingerprint density at radius 1 is 0.824 bits per heavy atom. The monoisotopic (exact) mass is 255 g/mol. The maximum Gasteiger partial charge on any atom is 0.214 e. The van der Waals surface area contributed by atoms with Gasteiger partial charge in [-0.1, -0.05) is 0 Å². The Hall–Kier alpha value is -0.0900. The van der Waals surface area contributed by atoms with Crippen LogP contribution in [0, 0.1) is 23.7 Å². The molecule has 0 atom stereocenters. The Labute approximate surface area is 103 Å². The predicted molar refractivity (Wildman–Crippen MR) is 65.9 cm³/mol. The third-order valence-corrected chi connectivity index (χ3v) is 7.44. The molecule has 5 aliphatic rings. The van der Waals surface area contributed by atoms with Crippen molar-refractivity contribution in [1.82, 2.24) is 4.72 Å². The molecule has 4 bridgehead atoms. The molecule has 5 aliphatic carbocycles. The van der Waals surface area contributed by atoms with Crippen molar-refractivity contribution in [1.29, 1.82) is 0 Å². The van der Waals surface area contributed by atoms with Crippen molar-refractivity contribution < 1.29 is 8.42 Å². The van der Waals surface area contributed by atoms with Gasteiger partial charge in [0.05, 0.1) is 5.25 Å². The summed E-state index contributed by atoms with van der Waals surface area (Å²) in [6.45, 7) is 0. The fraction of sp³-hybridized carbons (Fsp3) is 1.00. The SMILES string of the molecule is O=S(=O)(NC1C2CC3CC(C2)CC1C3)C1CC1. The Kier molecular flexibility index (Phi) is 2.21. The van der Waals surface area contributed by atoms with Gasteiger partial charge in [-0.2, -0.15) is 0 Å². The van der Waals surface area contributed by atoms with Gasteiger partial charge in [0.1, 0.15) is 0 Å². The van der Waals surface area contributed by atoms with Crippen LogP contribution in [-0.2, 0) is 10.0 Å². The highest BCUT2D eigenvalue weighted by Gasteiger charge is 2.50. The van der Waals surface area contributed by atoms with Gasteiger partial charge < -0.3 is 0 Å². The van der Waals surface area contributed by atoms with E-state index >= 15 is 0 Å². The van der Waals surface area contributed by atoms with Crippen LogP contribution in [0.25, 0.3) is 0 Å². The van der Waals surface area contributed by atoms with Crippen LogP contribution < -0.4 is 4.72 Å². The lowest BCUT2D eigenvalue weighted by molar-refractivity contribution is -0.00559. The van der Waals surface area contributed by atoms with E-state index in [0.29, 0.717) is 11.8 Å². The molecule has 5 fully saturated rings. The zero-order valence-electron chi connectivity index (χ0n) is 10.1. The highest BCUT2D eigenvalue weighted by molar-refractivity contribution is 7.90. The summed E-state index contributed by atoms with van der Waals surface area (Å²) in [5.41, 5.74) is 0. The van der Waals surface area contributed by atoms with Gasteiger partial charge >= 0.3 is 0 Å². The minimum atomic E-state index is -2.98. The normalized spacial score (nSPS) is 48.6. The van der Waals surface area contributed by atoms with Crippen LogP contribution in [0.15, 0.2) is 0 Å². The fourth-order valence-corrected chi connectivity index (χ4v) is 6.50. The third kappa shape index (κ3) is 1.75. The van der Waals surface area contributed by atoms with Crippen LogP contribution in [0.1, 0.15) is 44.9 Å². The molecule has 3 nitrogen and oxygen atoms in total. The van der Waals surface area contributed by atoms with Crippen molar-refractivity contribution >= 4 is 10.0 Å². The van der Waals surface area contributed by atoms with E-state index in [1.165, 1.54) is 32.1 Å². The van der Waals surface area contributed by atoms with Gasteiger partial charge in [0.2, 0.25) is 10.0 Å². The first-order valence-electron chi connectivity index (χ1n) is 7.13. The van der Waals surface area contributed by atoms with E-state index < -0.39 is 10.0 Å². The predicted octanol–water partition coefficient (Wildman–Crippen LogP) is 1.89. The standard InChI is InChI=1S/C13H21NO2S/c15-17(16,12-1-2-12)14-13-10-4-8-3-9(6-10)7-11(13)5-8/h8-14H,1-7H2. The second kappa shape index (κ2) is 3.47. The Balaban J connectivity index is 1.54. The number of hydrogen-bond acceptors (Lipinski definition) is 2. The van der Waals surface area contributed by atoms with Crippen molar-refractivity contribution in [2.45, 2.75) is 56.2 Å². The molecule has 4 heteroatoms. The summed E-state index contributed by atoms with van der Waals surface area (Å²) in [7, 11) is -2.98. The molecule has 5 saturated carbocycles. The molecule has 0 spiro atoms. The summed E-state index contributed by atoms with van der Waals surface area (Å²) in [6, 6.07) is 0.286. The lowest BCUT2D eigenvalue weighted by Gasteiger charge is -2.54. The van der Waals surface area contributed by atoms with Gasteiger partial charge in [0.15, 0.2) is 0 Å². The second-order valence-corrected chi connectivity index (χ2v) is 8.81. The number of hydrogen-bond donors (Lipinski definition) is 1. The minimum Gasteiger partial charge on any atom is -0.212 e. The van der Waals surface area contributed by atoms with E-state index in [1.54, 1.807) is 0 Å². The van der Waals surface area contributed by atoms with E-state index in [1.807, 2.05) is 0 Å². The van der Waals surface area contributed by atoms with Crippen LogP contribution in [0.5, 0.6) is 0 Å². The molecular weight excluding hydrogens is 234 g/mol. The third-order valence-electron chi connectivity index (χ3n) is 5.49.